The van der Waals surface area contributed by atoms with Crippen LogP contribution in [0.2, 0.25) is 0 Å². The molecule has 2 rings (SSSR count). The fourth-order valence-electron chi connectivity index (χ4n) is 1.65. The molecule has 4 nitrogen and oxygen atoms in total. The molecule has 0 fully saturated rings. The number of carbonyl (C=O) groups excluding carboxylic acids is 1. The number of carbonyl (C=O) groups is 1. The van der Waals surface area contributed by atoms with Gasteiger partial charge in [0.2, 0.25) is 0 Å². The minimum absolute atomic E-state index is 0.0360. The van der Waals surface area contributed by atoms with Crippen LogP contribution in [0.5, 0.6) is 5.75 Å². The third-order valence-electron chi connectivity index (χ3n) is 2.34. The van der Waals surface area contributed by atoms with Crippen LogP contribution in [0, 0.1) is 0 Å². The van der Waals surface area contributed by atoms with E-state index in [-0.39, 0.29) is 18.3 Å². The van der Waals surface area contributed by atoms with Crippen LogP contribution in [-0.2, 0) is 6.54 Å². The van der Waals surface area contributed by atoms with Gasteiger partial charge in [-0.05, 0) is 17.7 Å². The summed E-state index contributed by atoms with van der Waals surface area (Å²) in [5.74, 6) is -0.0205. The minimum atomic E-state index is -0.120. The van der Waals surface area contributed by atoms with Gasteiger partial charge in [-0.3, -0.25) is 4.79 Å². The van der Waals surface area contributed by atoms with Gasteiger partial charge in [0.1, 0.15) is 5.75 Å². The number of nitrogens with zero attached hydrogens (tertiary/aromatic N) is 1. The molecule has 0 aromatic heterocycles. The highest BCUT2D eigenvalue weighted by molar-refractivity contribution is 5.98. The molecule has 0 atom stereocenters. The number of aromatic hydroxyl groups is 1. The lowest BCUT2D eigenvalue weighted by atomic mass is 10.1. The van der Waals surface area contributed by atoms with Crippen molar-refractivity contribution in [2.24, 2.45) is 0 Å². The number of phenols is 1. The van der Waals surface area contributed by atoms with E-state index in [4.69, 9.17) is 5.11 Å². The summed E-state index contributed by atoms with van der Waals surface area (Å²) in [5, 5.41) is 17.9. The first-order chi connectivity index (χ1) is 6.72. The standard InChI is InChI=1S/C10H11NO3/c12-4-3-11-6-7-1-2-8(13)5-9(7)10(11)14/h1-2,5,12-13H,3-4,6H2. The summed E-state index contributed by atoms with van der Waals surface area (Å²) in [7, 11) is 0. The Balaban J connectivity index is 2.31. The Kier molecular flexibility index (Phi) is 2.13. The lowest BCUT2D eigenvalue weighted by Gasteiger charge is -2.12. The highest BCUT2D eigenvalue weighted by Gasteiger charge is 2.26. The third-order valence-corrected chi connectivity index (χ3v) is 2.34. The molecule has 0 saturated carbocycles. The normalized spacial score (nSPS) is 14.6. The molecule has 1 heterocycles. The average molecular weight is 193 g/mol. The van der Waals surface area contributed by atoms with E-state index in [1.54, 1.807) is 17.0 Å². The number of hydrogen-bond acceptors (Lipinski definition) is 3. The molecule has 1 aliphatic heterocycles. The number of fused-ring (bicyclic) bond motifs is 1. The Morgan fingerprint density at radius 3 is 2.93 bits per heavy atom. The van der Waals surface area contributed by atoms with Crippen molar-refractivity contribution in [2.45, 2.75) is 6.54 Å². The van der Waals surface area contributed by atoms with Gasteiger partial charge >= 0.3 is 0 Å². The summed E-state index contributed by atoms with van der Waals surface area (Å²) >= 11 is 0. The Morgan fingerprint density at radius 1 is 1.43 bits per heavy atom. The second kappa shape index (κ2) is 3.31. The summed E-state index contributed by atoms with van der Waals surface area (Å²) in [4.78, 5) is 13.2. The predicted octanol–water partition coefficient (Wildman–Crippen LogP) is 0.340. The predicted molar refractivity (Wildman–Crippen MR) is 49.9 cm³/mol. The second-order valence-electron chi connectivity index (χ2n) is 3.29. The summed E-state index contributed by atoms with van der Waals surface area (Å²) in [6.45, 7) is 0.828. The van der Waals surface area contributed by atoms with Crippen LogP contribution in [0.3, 0.4) is 0 Å². The topological polar surface area (TPSA) is 60.8 Å². The van der Waals surface area contributed by atoms with Crippen LogP contribution in [-0.4, -0.2) is 34.2 Å². The van der Waals surface area contributed by atoms with E-state index in [1.165, 1.54) is 6.07 Å². The quantitative estimate of drug-likeness (QED) is 0.712. The van der Waals surface area contributed by atoms with Crippen LogP contribution in [0.4, 0.5) is 0 Å². The molecular weight excluding hydrogens is 182 g/mol. The molecule has 1 aromatic rings. The van der Waals surface area contributed by atoms with Crippen molar-refractivity contribution in [3.63, 3.8) is 0 Å². The van der Waals surface area contributed by atoms with E-state index in [2.05, 4.69) is 0 Å². The van der Waals surface area contributed by atoms with Gasteiger partial charge in [0, 0.05) is 18.7 Å². The Labute approximate surface area is 81.4 Å². The Bertz CT molecular complexity index is 376. The van der Waals surface area contributed by atoms with Gasteiger partial charge in [0.15, 0.2) is 0 Å². The van der Waals surface area contributed by atoms with Gasteiger partial charge < -0.3 is 15.1 Å². The third kappa shape index (κ3) is 1.33. The first kappa shape index (κ1) is 9.02. The molecule has 1 aliphatic rings. The largest absolute Gasteiger partial charge is 0.508 e. The average Bonchev–Trinajstić information content (AvgIpc) is 2.46. The highest BCUT2D eigenvalue weighted by Crippen LogP contribution is 2.25. The smallest absolute Gasteiger partial charge is 0.254 e. The van der Waals surface area contributed by atoms with Gasteiger partial charge in [-0.2, -0.15) is 0 Å². The zero-order valence-electron chi connectivity index (χ0n) is 7.60. The van der Waals surface area contributed by atoms with Crippen LogP contribution >= 0.6 is 0 Å². The molecule has 2 N–H and O–H groups in total. The number of rotatable bonds is 2. The number of hydrogen-bond donors (Lipinski definition) is 2. The molecule has 0 radical (unpaired) electrons. The fraction of sp³-hybridized carbons (Fsp3) is 0.300. The number of β-amino-alcohol motifs (C(OH)–C–C–N with tert-alkyl or cyclic N) is 1. The molecular formula is C10H11NO3. The Morgan fingerprint density at radius 2 is 2.21 bits per heavy atom. The maximum atomic E-state index is 11.6. The van der Waals surface area contributed by atoms with Crippen molar-refractivity contribution in [3.8, 4) is 5.75 Å². The van der Waals surface area contributed by atoms with Crippen molar-refractivity contribution in [1.82, 2.24) is 4.90 Å². The van der Waals surface area contributed by atoms with Gasteiger partial charge in [-0.1, -0.05) is 6.07 Å². The lowest BCUT2D eigenvalue weighted by Crippen LogP contribution is -2.26. The number of aliphatic hydroxyl groups excluding tert-OH is 1. The fourth-order valence-corrected chi connectivity index (χ4v) is 1.65. The number of benzene rings is 1. The highest BCUT2D eigenvalue weighted by atomic mass is 16.3. The Hall–Kier alpha value is -1.55. The molecule has 0 unspecified atom stereocenters. The summed E-state index contributed by atoms with van der Waals surface area (Å²) < 4.78 is 0. The van der Waals surface area contributed by atoms with E-state index < -0.39 is 0 Å². The molecule has 0 saturated heterocycles. The van der Waals surface area contributed by atoms with Crippen LogP contribution in [0.25, 0.3) is 0 Å². The number of aliphatic hydroxyl groups is 1. The van der Waals surface area contributed by atoms with Crippen molar-refractivity contribution in [1.29, 1.82) is 0 Å². The first-order valence-corrected chi connectivity index (χ1v) is 4.44. The van der Waals surface area contributed by atoms with Crippen molar-refractivity contribution in [3.05, 3.63) is 29.3 Å². The summed E-state index contributed by atoms with van der Waals surface area (Å²) in [6, 6.07) is 4.77. The molecule has 1 amide bonds. The van der Waals surface area contributed by atoms with Gasteiger partial charge in [0.25, 0.3) is 5.91 Å². The molecule has 0 spiro atoms. The lowest BCUT2D eigenvalue weighted by molar-refractivity contribution is 0.0745. The SMILES string of the molecule is O=C1c2cc(O)ccc2CN1CCO. The van der Waals surface area contributed by atoms with Crippen molar-refractivity contribution in [2.75, 3.05) is 13.2 Å². The van der Waals surface area contributed by atoms with Gasteiger partial charge in [-0.25, -0.2) is 0 Å². The molecule has 0 bridgehead atoms. The molecule has 1 aromatic carbocycles. The van der Waals surface area contributed by atoms with E-state index in [0.717, 1.165) is 5.56 Å². The van der Waals surface area contributed by atoms with Crippen molar-refractivity contribution < 1.29 is 15.0 Å². The van der Waals surface area contributed by atoms with Crippen LogP contribution in [0.1, 0.15) is 15.9 Å². The minimum Gasteiger partial charge on any atom is -0.508 e. The summed E-state index contributed by atoms with van der Waals surface area (Å²) in [6.07, 6.45) is 0. The van der Waals surface area contributed by atoms with E-state index >= 15 is 0 Å². The van der Waals surface area contributed by atoms with Crippen LogP contribution < -0.4 is 0 Å². The molecule has 0 aliphatic carbocycles. The van der Waals surface area contributed by atoms with Gasteiger partial charge in [0.05, 0.1) is 6.61 Å². The maximum Gasteiger partial charge on any atom is 0.254 e. The number of phenolic OH excluding ortho intramolecular Hbond substituents is 1. The monoisotopic (exact) mass is 193 g/mol. The van der Waals surface area contributed by atoms with E-state index in [0.29, 0.717) is 18.7 Å². The zero-order valence-corrected chi connectivity index (χ0v) is 7.60. The molecule has 74 valence electrons. The summed E-state index contributed by atoms with van der Waals surface area (Å²) in [5.41, 5.74) is 1.44. The van der Waals surface area contributed by atoms with Crippen LogP contribution in [0.15, 0.2) is 18.2 Å². The molecule has 14 heavy (non-hydrogen) atoms. The van der Waals surface area contributed by atoms with Gasteiger partial charge in [-0.15, -0.1) is 0 Å². The first-order valence-electron chi connectivity index (χ1n) is 4.44. The molecule has 4 heteroatoms. The second-order valence-corrected chi connectivity index (χ2v) is 3.29. The van der Waals surface area contributed by atoms with E-state index in [9.17, 15) is 9.90 Å². The zero-order chi connectivity index (χ0) is 10.1. The number of amides is 1. The maximum absolute atomic E-state index is 11.6. The van der Waals surface area contributed by atoms with E-state index in [1.807, 2.05) is 0 Å². The van der Waals surface area contributed by atoms with Crippen molar-refractivity contribution >= 4 is 5.91 Å².